The summed E-state index contributed by atoms with van der Waals surface area (Å²) < 4.78 is 13.0. The molecule has 5 nitrogen and oxygen atoms in total. The van der Waals surface area contributed by atoms with E-state index in [1.807, 2.05) is 18.2 Å². The van der Waals surface area contributed by atoms with Gasteiger partial charge in [-0.05, 0) is 50.1 Å². The van der Waals surface area contributed by atoms with Gasteiger partial charge in [-0.2, -0.15) is 9.55 Å². The zero-order chi connectivity index (χ0) is 22.4. The van der Waals surface area contributed by atoms with Crippen molar-refractivity contribution in [1.29, 1.82) is 0 Å². The summed E-state index contributed by atoms with van der Waals surface area (Å²) >= 11 is 0. The number of pyridine rings is 1. The highest BCUT2D eigenvalue weighted by Crippen LogP contribution is 2.37. The first-order valence-corrected chi connectivity index (χ1v) is 11.2. The molecule has 7 aromatic rings. The lowest BCUT2D eigenvalue weighted by molar-refractivity contribution is -0.664. The normalized spacial score (nSPS) is 12.2. The van der Waals surface area contributed by atoms with Crippen LogP contribution in [0.1, 0.15) is 16.7 Å². The first-order valence-electron chi connectivity index (χ1n) is 11.2. The molecule has 5 heteroatoms. The molecule has 4 aromatic heterocycles. The minimum Gasteiger partial charge on any atom is -0.456 e. The molecule has 33 heavy (non-hydrogen) atoms. The van der Waals surface area contributed by atoms with Crippen molar-refractivity contribution in [3.63, 3.8) is 0 Å². The molecule has 0 fully saturated rings. The third-order valence-corrected chi connectivity index (χ3v) is 7.06. The zero-order valence-electron chi connectivity index (χ0n) is 19.0. The standard InChI is InChI=1S/C28H23N4O/c1-16-12-13-21-26(18(16)3)32(28-29-25-17(2)8-7-10-20(25)31(21)28)27-24-19-9-5-6-11-22(19)33-23(24)14-15-30(27)4/h5-15H,1-4H3/q+1. The quantitative estimate of drug-likeness (QED) is 0.296. The molecule has 3 aromatic carbocycles. The number of aromatic nitrogens is 4. The van der Waals surface area contributed by atoms with Crippen molar-refractivity contribution >= 4 is 49.8 Å². The Hall–Kier alpha value is -4.12. The molecule has 160 valence electrons. The second kappa shape index (κ2) is 6.23. The summed E-state index contributed by atoms with van der Waals surface area (Å²) in [6.07, 6.45) is 2.07. The van der Waals surface area contributed by atoms with E-state index in [2.05, 4.69) is 90.0 Å². The van der Waals surface area contributed by atoms with Crippen LogP contribution < -0.4 is 4.57 Å². The Morgan fingerprint density at radius 1 is 0.818 bits per heavy atom. The van der Waals surface area contributed by atoms with Crippen molar-refractivity contribution in [2.45, 2.75) is 20.8 Å². The number of para-hydroxylation sites is 2. The van der Waals surface area contributed by atoms with Gasteiger partial charge in [-0.25, -0.2) is 4.57 Å². The number of furan rings is 1. The number of aryl methyl sites for hydroxylation is 4. The SMILES string of the molecule is Cc1ccc2c(c1C)n(-c1c3c(cc[n+]1C)oc1ccccc13)c1nc3c(C)cccc3n21. The number of hydrogen-bond acceptors (Lipinski definition) is 2. The summed E-state index contributed by atoms with van der Waals surface area (Å²) in [6, 6.07) is 21.1. The highest BCUT2D eigenvalue weighted by atomic mass is 16.3. The topological polar surface area (TPSA) is 39.2 Å². The van der Waals surface area contributed by atoms with Crippen LogP contribution in [0.15, 0.2) is 71.3 Å². The smallest absolute Gasteiger partial charge is 0.312 e. The van der Waals surface area contributed by atoms with Crippen LogP contribution in [0.4, 0.5) is 0 Å². The van der Waals surface area contributed by atoms with Gasteiger partial charge < -0.3 is 4.42 Å². The lowest BCUT2D eigenvalue weighted by Gasteiger charge is -2.06. The number of fused-ring (bicyclic) bond motifs is 8. The molecule has 0 aliphatic rings. The number of nitrogens with zero attached hydrogens (tertiary/aromatic N) is 4. The summed E-state index contributed by atoms with van der Waals surface area (Å²) in [5.41, 5.74) is 9.96. The maximum Gasteiger partial charge on any atom is 0.312 e. The Labute approximate surface area is 190 Å². The van der Waals surface area contributed by atoms with Crippen molar-refractivity contribution in [3.05, 3.63) is 83.6 Å². The summed E-state index contributed by atoms with van der Waals surface area (Å²) in [4.78, 5) is 5.19. The molecule has 0 saturated heterocycles. The molecule has 0 spiro atoms. The monoisotopic (exact) mass is 431 g/mol. The second-order valence-corrected chi connectivity index (χ2v) is 8.99. The highest BCUT2D eigenvalue weighted by molar-refractivity contribution is 6.09. The number of hydrogen-bond donors (Lipinski definition) is 0. The van der Waals surface area contributed by atoms with Crippen LogP contribution in [0.5, 0.6) is 0 Å². The summed E-state index contributed by atoms with van der Waals surface area (Å²) in [5.74, 6) is 1.97. The average molecular weight is 432 g/mol. The van der Waals surface area contributed by atoms with E-state index < -0.39 is 0 Å². The fraction of sp³-hybridized carbons (Fsp3) is 0.143. The Morgan fingerprint density at radius 2 is 1.67 bits per heavy atom. The van der Waals surface area contributed by atoms with Crippen LogP contribution >= 0.6 is 0 Å². The van der Waals surface area contributed by atoms with Crippen molar-refractivity contribution in [1.82, 2.24) is 14.0 Å². The van der Waals surface area contributed by atoms with Gasteiger partial charge >= 0.3 is 11.6 Å². The van der Waals surface area contributed by atoms with Crippen LogP contribution in [0.3, 0.4) is 0 Å². The molecule has 0 unspecified atom stereocenters. The summed E-state index contributed by atoms with van der Waals surface area (Å²) in [5, 5.41) is 2.20. The average Bonchev–Trinajstić information content (AvgIpc) is 3.47. The number of imidazole rings is 2. The van der Waals surface area contributed by atoms with Gasteiger partial charge in [0.05, 0.1) is 29.8 Å². The Morgan fingerprint density at radius 3 is 2.55 bits per heavy atom. The van der Waals surface area contributed by atoms with Gasteiger partial charge in [0.1, 0.15) is 16.6 Å². The van der Waals surface area contributed by atoms with Crippen LogP contribution in [0.2, 0.25) is 0 Å². The van der Waals surface area contributed by atoms with E-state index in [0.717, 1.165) is 50.1 Å². The molecule has 0 aliphatic carbocycles. The first-order chi connectivity index (χ1) is 16.0. The Balaban J connectivity index is 1.80. The minimum atomic E-state index is 0.877. The van der Waals surface area contributed by atoms with Crippen molar-refractivity contribution < 1.29 is 8.98 Å². The van der Waals surface area contributed by atoms with E-state index >= 15 is 0 Å². The summed E-state index contributed by atoms with van der Waals surface area (Å²) in [6.45, 7) is 6.50. The maximum absolute atomic E-state index is 6.25. The van der Waals surface area contributed by atoms with Gasteiger partial charge in [-0.15, -0.1) is 0 Å². The molecule has 7 rings (SSSR count). The fourth-order valence-electron chi connectivity index (χ4n) is 5.27. The van der Waals surface area contributed by atoms with E-state index in [-0.39, 0.29) is 0 Å². The third kappa shape index (κ3) is 2.26. The van der Waals surface area contributed by atoms with Crippen molar-refractivity contribution in [2.75, 3.05) is 0 Å². The highest BCUT2D eigenvalue weighted by Gasteiger charge is 2.30. The van der Waals surface area contributed by atoms with E-state index in [4.69, 9.17) is 9.40 Å². The lowest BCUT2D eigenvalue weighted by Crippen LogP contribution is -2.33. The number of benzene rings is 3. The van der Waals surface area contributed by atoms with Gasteiger partial charge in [0.15, 0.2) is 5.52 Å². The van der Waals surface area contributed by atoms with E-state index in [9.17, 15) is 0 Å². The minimum absolute atomic E-state index is 0.877. The second-order valence-electron chi connectivity index (χ2n) is 8.99. The molecule has 0 aliphatic heterocycles. The molecular formula is C28H23N4O+. The van der Waals surface area contributed by atoms with Gasteiger partial charge in [-0.3, -0.25) is 4.40 Å². The summed E-state index contributed by atoms with van der Waals surface area (Å²) in [7, 11) is 2.10. The van der Waals surface area contributed by atoms with Gasteiger partial charge in [0, 0.05) is 17.0 Å². The van der Waals surface area contributed by atoms with Gasteiger partial charge in [0.25, 0.3) is 0 Å². The molecule has 0 bridgehead atoms. The predicted molar refractivity (Wildman–Crippen MR) is 132 cm³/mol. The fourth-order valence-corrected chi connectivity index (χ4v) is 5.27. The Bertz CT molecular complexity index is 1920. The number of rotatable bonds is 1. The predicted octanol–water partition coefficient (Wildman–Crippen LogP) is 6.08. The molecule has 0 N–H and O–H groups in total. The zero-order valence-corrected chi connectivity index (χ0v) is 19.0. The Kier molecular flexibility index (Phi) is 3.48. The largest absolute Gasteiger partial charge is 0.456 e. The van der Waals surface area contributed by atoms with Gasteiger partial charge in [-0.1, -0.05) is 36.4 Å². The maximum atomic E-state index is 6.25. The van der Waals surface area contributed by atoms with Crippen molar-refractivity contribution in [3.8, 4) is 5.82 Å². The van der Waals surface area contributed by atoms with Crippen molar-refractivity contribution in [2.24, 2.45) is 7.05 Å². The molecule has 4 heterocycles. The van der Waals surface area contributed by atoms with E-state index in [0.29, 0.717) is 0 Å². The van der Waals surface area contributed by atoms with Crippen LogP contribution in [0, 0.1) is 20.8 Å². The lowest BCUT2D eigenvalue weighted by atomic mass is 10.1. The van der Waals surface area contributed by atoms with E-state index in [1.165, 1.54) is 22.2 Å². The van der Waals surface area contributed by atoms with E-state index in [1.54, 1.807) is 0 Å². The third-order valence-electron chi connectivity index (χ3n) is 7.06. The van der Waals surface area contributed by atoms with Gasteiger partial charge in [0.2, 0.25) is 0 Å². The van der Waals surface area contributed by atoms with Crippen LogP contribution in [-0.4, -0.2) is 14.0 Å². The first kappa shape index (κ1) is 18.5. The molecule has 0 saturated carbocycles. The molecule has 0 atom stereocenters. The molecule has 0 amide bonds. The van der Waals surface area contributed by atoms with Crippen LogP contribution in [-0.2, 0) is 7.05 Å². The molecule has 0 radical (unpaired) electrons. The van der Waals surface area contributed by atoms with Crippen LogP contribution in [0.25, 0.3) is 55.6 Å². The molecular weight excluding hydrogens is 408 g/mol.